The van der Waals surface area contributed by atoms with E-state index in [4.69, 9.17) is 0 Å². The number of imide groups is 1. The Morgan fingerprint density at radius 2 is 1.81 bits per heavy atom. The number of urea groups is 1. The molecule has 2 N–H and O–H groups in total. The molecule has 1 aromatic rings. The number of esters is 1. The van der Waals surface area contributed by atoms with Gasteiger partial charge in [-0.2, -0.15) is 13.2 Å². The second-order valence-corrected chi connectivity index (χ2v) is 5.62. The van der Waals surface area contributed by atoms with Gasteiger partial charge >= 0.3 is 18.2 Å². The second kappa shape index (κ2) is 8.52. The fraction of sp³-hybridized carbons (Fsp3) is 0.375. The highest BCUT2D eigenvalue weighted by atomic mass is 19.4. The number of alkyl halides is 3. The molecule has 8 nitrogen and oxygen atoms in total. The number of anilines is 1. The minimum absolute atomic E-state index is 0.00852. The van der Waals surface area contributed by atoms with E-state index in [1.54, 1.807) is 22.3 Å². The lowest BCUT2D eigenvalue weighted by Crippen LogP contribution is -2.44. The summed E-state index contributed by atoms with van der Waals surface area (Å²) >= 11 is 0. The van der Waals surface area contributed by atoms with Gasteiger partial charge in [-0.1, -0.05) is 0 Å². The Morgan fingerprint density at radius 1 is 1.15 bits per heavy atom. The van der Waals surface area contributed by atoms with Gasteiger partial charge in [0.1, 0.15) is 6.54 Å². The van der Waals surface area contributed by atoms with Gasteiger partial charge < -0.3 is 15.0 Å². The molecular formula is C16H16F3N3O5. The molecule has 1 saturated heterocycles. The Bertz CT molecular complexity index is 734. The SMILES string of the molecule is O=C(COC(=O)c1ccc(N2CCCC2=O)cc1)NC(=O)NCC(F)(F)F. The summed E-state index contributed by atoms with van der Waals surface area (Å²) in [6.07, 6.45) is -3.39. The number of nitrogens with zero attached hydrogens (tertiary/aromatic N) is 1. The third kappa shape index (κ3) is 6.28. The molecule has 146 valence electrons. The van der Waals surface area contributed by atoms with Gasteiger partial charge in [-0.15, -0.1) is 0 Å². The van der Waals surface area contributed by atoms with Gasteiger partial charge in [0.2, 0.25) is 5.91 Å². The smallest absolute Gasteiger partial charge is 0.405 e. The maximum absolute atomic E-state index is 11.9. The zero-order valence-corrected chi connectivity index (χ0v) is 14.0. The van der Waals surface area contributed by atoms with Crippen LogP contribution in [0.15, 0.2) is 24.3 Å². The van der Waals surface area contributed by atoms with Crippen molar-refractivity contribution in [2.45, 2.75) is 19.0 Å². The molecule has 0 atom stereocenters. The average Bonchev–Trinajstić information content (AvgIpc) is 3.03. The van der Waals surface area contributed by atoms with Gasteiger partial charge in [0.05, 0.1) is 5.56 Å². The number of benzene rings is 1. The molecule has 0 spiro atoms. The summed E-state index contributed by atoms with van der Waals surface area (Å²) in [4.78, 5) is 47.6. The Kier molecular flexibility index (Phi) is 6.37. The van der Waals surface area contributed by atoms with Crippen molar-refractivity contribution in [1.29, 1.82) is 0 Å². The average molecular weight is 387 g/mol. The van der Waals surface area contributed by atoms with Gasteiger partial charge in [-0.25, -0.2) is 9.59 Å². The number of carbonyl (C=O) groups is 4. The fourth-order valence-electron chi connectivity index (χ4n) is 2.30. The third-order valence-electron chi connectivity index (χ3n) is 3.52. The van der Waals surface area contributed by atoms with E-state index in [1.165, 1.54) is 17.4 Å². The number of ether oxygens (including phenoxy) is 1. The molecule has 0 saturated carbocycles. The quantitative estimate of drug-likeness (QED) is 0.743. The summed E-state index contributed by atoms with van der Waals surface area (Å²) in [6.45, 7) is -1.85. The van der Waals surface area contributed by atoms with Gasteiger partial charge in [0.15, 0.2) is 6.61 Å². The van der Waals surface area contributed by atoms with Crippen LogP contribution in [0.1, 0.15) is 23.2 Å². The highest BCUT2D eigenvalue weighted by molar-refractivity contribution is 5.98. The normalized spacial score (nSPS) is 14.0. The number of nitrogens with one attached hydrogen (secondary N) is 2. The van der Waals surface area contributed by atoms with Gasteiger partial charge in [0, 0.05) is 18.7 Å². The Hall–Kier alpha value is -3.11. The zero-order chi connectivity index (χ0) is 20.0. The van der Waals surface area contributed by atoms with Crippen molar-refractivity contribution in [3.05, 3.63) is 29.8 Å². The van der Waals surface area contributed by atoms with Crippen LogP contribution >= 0.6 is 0 Å². The summed E-state index contributed by atoms with van der Waals surface area (Å²) < 4.78 is 40.5. The molecule has 0 radical (unpaired) electrons. The molecule has 1 fully saturated rings. The molecule has 0 bridgehead atoms. The van der Waals surface area contributed by atoms with Crippen LogP contribution < -0.4 is 15.5 Å². The molecule has 0 unspecified atom stereocenters. The van der Waals surface area contributed by atoms with Crippen LogP contribution in [-0.4, -0.2) is 49.7 Å². The third-order valence-corrected chi connectivity index (χ3v) is 3.52. The Labute approximate surface area is 151 Å². The standard InChI is InChI=1S/C16H16F3N3O5/c17-16(18,19)9-20-15(26)21-12(23)8-27-14(25)10-3-5-11(6-4-10)22-7-1-2-13(22)24/h3-6H,1-2,7-9H2,(H2,20,21,23,26). The van der Waals surface area contributed by atoms with Crippen LogP contribution in [0.25, 0.3) is 0 Å². The van der Waals surface area contributed by atoms with E-state index in [0.29, 0.717) is 18.7 Å². The summed E-state index contributed by atoms with van der Waals surface area (Å²) in [6, 6.07) is 4.59. The van der Waals surface area contributed by atoms with Gasteiger partial charge in [0.25, 0.3) is 5.91 Å². The number of hydrogen-bond acceptors (Lipinski definition) is 5. The van der Waals surface area contributed by atoms with Crippen LogP contribution in [-0.2, 0) is 14.3 Å². The fourth-order valence-corrected chi connectivity index (χ4v) is 2.30. The number of halogens is 3. The zero-order valence-electron chi connectivity index (χ0n) is 14.0. The molecule has 27 heavy (non-hydrogen) atoms. The van der Waals surface area contributed by atoms with Crippen LogP contribution in [0.3, 0.4) is 0 Å². The number of amides is 4. The van der Waals surface area contributed by atoms with Crippen molar-refractivity contribution in [1.82, 2.24) is 10.6 Å². The first-order valence-corrected chi connectivity index (χ1v) is 7.88. The van der Waals surface area contributed by atoms with E-state index in [2.05, 4.69) is 4.74 Å². The molecule has 11 heteroatoms. The predicted molar refractivity (Wildman–Crippen MR) is 85.9 cm³/mol. The Balaban J connectivity index is 1.78. The van der Waals surface area contributed by atoms with Crippen molar-refractivity contribution in [2.75, 3.05) is 24.6 Å². The summed E-state index contributed by atoms with van der Waals surface area (Å²) in [5.74, 6) is -1.95. The number of rotatable bonds is 5. The maximum atomic E-state index is 11.9. The van der Waals surface area contributed by atoms with E-state index in [9.17, 15) is 32.3 Å². The molecule has 0 aromatic heterocycles. The van der Waals surface area contributed by atoms with E-state index in [0.717, 1.165) is 6.42 Å². The van der Waals surface area contributed by atoms with E-state index < -0.39 is 37.2 Å². The lowest BCUT2D eigenvalue weighted by molar-refractivity contribution is -0.125. The van der Waals surface area contributed by atoms with E-state index in [-0.39, 0.29) is 11.5 Å². The molecule has 0 aliphatic carbocycles. The molecule has 4 amide bonds. The molecule has 1 aliphatic heterocycles. The summed E-state index contributed by atoms with van der Waals surface area (Å²) in [7, 11) is 0. The van der Waals surface area contributed by atoms with Crippen LogP contribution in [0.2, 0.25) is 0 Å². The summed E-state index contributed by atoms with van der Waals surface area (Å²) in [5, 5.41) is 3.04. The molecular weight excluding hydrogens is 371 g/mol. The molecule has 1 aliphatic rings. The predicted octanol–water partition coefficient (Wildman–Crippen LogP) is 1.36. The van der Waals surface area contributed by atoms with Gasteiger partial charge in [-0.05, 0) is 30.7 Å². The molecule has 2 rings (SSSR count). The Morgan fingerprint density at radius 3 is 2.37 bits per heavy atom. The lowest BCUT2D eigenvalue weighted by Gasteiger charge is -2.15. The first-order chi connectivity index (χ1) is 12.7. The van der Waals surface area contributed by atoms with Gasteiger partial charge in [-0.3, -0.25) is 14.9 Å². The topological polar surface area (TPSA) is 105 Å². The van der Waals surface area contributed by atoms with Crippen LogP contribution in [0, 0.1) is 0 Å². The van der Waals surface area contributed by atoms with Crippen molar-refractivity contribution in [3.8, 4) is 0 Å². The van der Waals surface area contributed by atoms with Crippen LogP contribution in [0.4, 0.5) is 23.7 Å². The monoisotopic (exact) mass is 387 g/mol. The minimum Gasteiger partial charge on any atom is -0.452 e. The van der Waals surface area contributed by atoms with Crippen molar-refractivity contribution >= 4 is 29.5 Å². The van der Waals surface area contributed by atoms with Crippen molar-refractivity contribution in [3.63, 3.8) is 0 Å². The highest BCUT2D eigenvalue weighted by Gasteiger charge is 2.28. The molecule has 1 aromatic carbocycles. The number of hydrogen-bond donors (Lipinski definition) is 2. The van der Waals surface area contributed by atoms with E-state index >= 15 is 0 Å². The largest absolute Gasteiger partial charge is 0.452 e. The lowest BCUT2D eigenvalue weighted by atomic mass is 10.2. The number of carbonyl (C=O) groups excluding carboxylic acids is 4. The highest BCUT2D eigenvalue weighted by Crippen LogP contribution is 2.21. The van der Waals surface area contributed by atoms with Crippen molar-refractivity contribution in [2.24, 2.45) is 0 Å². The first-order valence-electron chi connectivity index (χ1n) is 7.88. The minimum atomic E-state index is -4.61. The molecule has 1 heterocycles. The first kappa shape index (κ1) is 20.2. The van der Waals surface area contributed by atoms with Crippen LogP contribution in [0.5, 0.6) is 0 Å². The second-order valence-electron chi connectivity index (χ2n) is 5.62. The van der Waals surface area contributed by atoms with Crippen molar-refractivity contribution < 1.29 is 37.1 Å². The van der Waals surface area contributed by atoms with E-state index in [1.807, 2.05) is 0 Å². The maximum Gasteiger partial charge on any atom is 0.405 e. The summed E-state index contributed by atoms with van der Waals surface area (Å²) in [5.41, 5.74) is 0.743.